The van der Waals surface area contributed by atoms with E-state index in [0.29, 0.717) is 0 Å². The van der Waals surface area contributed by atoms with Gasteiger partial charge in [0, 0.05) is 0 Å². The van der Waals surface area contributed by atoms with E-state index in [1.54, 1.807) is 38.1 Å². The number of rotatable bonds is 4. The molecule has 2 rings (SSSR count). The first-order valence-electron chi connectivity index (χ1n) is 6.14. The lowest BCUT2D eigenvalue weighted by molar-refractivity contribution is -0.142. The normalized spacial score (nSPS) is 24.8. The van der Waals surface area contributed by atoms with Gasteiger partial charge >= 0.3 is 5.97 Å². The van der Waals surface area contributed by atoms with Crippen LogP contribution in [-0.2, 0) is 25.1 Å². The minimum atomic E-state index is -3.35. The Balaban J connectivity index is 2.20. The Morgan fingerprint density at radius 1 is 1.26 bits per heavy atom. The molecule has 0 heterocycles. The molecule has 5 heteroatoms. The second-order valence-corrected chi connectivity index (χ2v) is 7.66. The molecule has 0 aliphatic heterocycles. The van der Waals surface area contributed by atoms with Crippen molar-refractivity contribution in [2.24, 2.45) is 11.3 Å². The molecule has 2 atom stereocenters. The molecule has 0 unspecified atom stereocenters. The van der Waals surface area contributed by atoms with Crippen molar-refractivity contribution in [1.29, 1.82) is 0 Å². The van der Waals surface area contributed by atoms with Crippen LogP contribution in [-0.4, -0.2) is 26.7 Å². The average molecular weight is 282 g/mol. The van der Waals surface area contributed by atoms with E-state index in [-0.39, 0.29) is 5.75 Å². The molecule has 4 nitrogen and oxygen atoms in total. The Hall–Kier alpha value is -1.36. The Bertz CT molecular complexity index is 575. The molecule has 0 N–H and O–H groups in total. The number of methoxy groups -OCH3 is 1. The van der Waals surface area contributed by atoms with Gasteiger partial charge < -0.3 is 4.74 Å². The number of hydrogen-bond donors (Lipinski definition) is 0. The molecule has 0 amide bonds. The maximum atomic E-state index is 12.4. The van der Waals surface area contributed by atoms with Gasteiger partial charge in [-0.2, -0.15) is 0 Å². The standard InChI is InChI=1S/C14H18O4S/c1-14(2)11(13(15)18-3)12(14)19(16,17)9-10-7-5-4-6-8-10/h4-8,11-12H,9H2,1-3H3/t11-,12+/m1/s1. The maximum absolute atomic E-state index is 12.4. The molecule has 1 saturated carbocycles. The Kier molecular flexibility index (Phi) is 3.43. The summed E-state index contributed by atoms with van der Waals surface area (Å²) in [6.07, 6.45) is 0. The maximum Gasteiger partial charge on any atom is 0.310 e. The van der Waals surface area contributed by atoms with Gasteiger partial charge in [-0.1, -0.05) is 44.2 Å². The molecule has 19 heavy (non-hydrogen) atoms. The number of esters is 1. The van der Waals surface area contributed by atoms with E-state index in [9.17, 15) is 13.2 Å². The zero-order valence-electron chi connectivity index (χ0n) is 11.3. The zero-order chi connectivity index (χ0) is 14.3. The van der Waals surface area contributed by atoms with Gasteiger partial charge in [-0.3, -0.25) is 4.79 Å². The Labute approximate surface area is 113 Å². The van der Waals surface area contributed by atoms with Gasteiger partial charge in [0.15, 0.2) is 9.84 Å². The largest absolute Gasteiger partial charge is 0.469 e. The van der Waals surface area contributed by atoms with Crippen molar-refractivity contribution in [3.8, 4) is 0 Å². The zero-order valence-corrected chi connectivity index (χ0v) is 12.1. The number of ether oxygens (including phenoxy) is 1. The molecule has 1 aliphatic rings. The van der Waals surface area contributed by atoms with Gasteiger partial charge in [0.2, 0.25) is 0 Å². The van der Waals surface area contributed by atoms with Gasteiger partial charge in [0.05, 0.1) is 24.0 Å². The van der Waals surface area contributed by atoms with Crippen LogP contribution in [0.25, 0.3) is 0 Å². The van der Waals surface area contributed by atoms with Gasteiger partial charge in [-0.05, 0) is 11.0 Å². The molecule has 0 bridgehead atoms. The lowest BCUT2D eigenvalue weighted by Crippen LogP contribution is -2.16. The third kappa shape index (κ3) is 2.52. The lowest BCUT2D eigenvalue weighted by atomic mass is 10.1. The number of carbonyl (C=O) groups excluding carboxylic acids is 1. The van der Waals surface area contributed by atoms with Gasteiger partial charge in [0.1, 0.15) is 0 Å². The molecule has 104 valence electrons. The van der Waals surface area contributed by atoms with Gasteiger partial charge in [-0.15, -0.1) is 0 Å². The second kappa shape index (κ2) is 4.63. The van der Waals surface area contributed by atoms with Gasteiger partial charge in [0.25, 0.3) is 0 Å². The SMILES string of the molecule is COC(=O)[C@H]1[C@H](S(=O)(=O)Cc2ccccc2)C1(C)C. The van der Waals surface area contributed by atoms with Crippen molar-refractivity contribution in [2.75, 3.05) is 7.11 Å². The third-order valence-corrected chi connectivity index (χ3v) is 6.17. The predicted molar refractivity (Wildman–Crippen MR) is 72.1 cm³/mol. The minimum Gasteiger partial charge on any atom is -0.469 e. The second-order valence-electron chi connectivity index (χ2n) is 5.54. The predicted octanol–water partition coefficient (Wildman–Crippen LogP) is 1.80. The Morgan fingerprint density at radius 2 is 1.84 bits per heavy atom. The van der Waals surface area contributed by atoms with Crippen molar-refractivity contribution in [3.05, 3.63) is 35.9 Å². The van der Waals surface area contributed by atoms with Crippen LogP contribution in [0.15, 0.2) is 30.3 Å². The van der Waals surface area contributed by atoms with Crippen LogP contribution in [0.5, 0.6) is 0 Å². The summed E-state index contributed by atoms with van der Waals surface area (Å²) < 4.78 is 29.5. The van der Waals surface area contributed by atoms with E-state index in [4.69, 9.17) is 0 Å². The van der Waals surface area contributed by atoms with Crippen molar-refractivity contribution >= 4 is 15.8 Å². The van der Waals surface area contributed by atoms with E-state index in [1.807, 2.05) is 6.07 Å². The van der Waals surface area contributed by atoms with Gasteiger partial charge in [-0.25, -0.2) is 8.42 Å². The smallest absolute Gasteiger partial charge is 0.310 e. The topological polar surface area (TPSA) is 60.4 Å². The summed E-state index contributed by atoms with van der Waals surface area (Å²) in [4.78, 5) is 11.6. The fourth-order valence-corrected chi connectivity index (χ4v) is 5.42. The molecule has 1 aromatic carbocycles. The van der Waals surface area contributed by atoms with Crippen LogP contribution in [0, 0.1) is 11.3 Å². The summed E-state index contributed by atoms with van der Waals surface area (Å²) in [5.74, 6) is -1.02. The van der Waals surface area contributed by atoms with E-state index in [0.717, 1.165) is 5.56 Å². The van der Waals surface area contributed by atoms with Crippen molar-refractivity contribution in [3.63, 3.8) is 0 Å². The number of carbonyl (C=O) groups is 1. The molecule has 1 aromatic rings. The molecular formula is C14H18O4S. The summed E-state index contributed by atoms with van der Waals surface area (Å²) in [5, 5.41) is -0.646. The Morgan fingerprint density at radius 3 is 2.37 bits per heavy atom. The monoisotopic (exact) mass is 282 g/mol. The van der Waals surface area contributed by atoms with E-state index >= 15 is 0 Å². The molecule has 1 fully saturated rings. The van der Waals surface area contributed by atoms with Crippen LogP contribution in [0.1, 0.15) is 19.4 Å². The lowest BCUT2D eigenvalue weighted by Gasteiger charge is -2.05. The van der Waals surface area contributed by atoms with Crippen LogP contribution in [0.3, 0.4) is 0 Å². The first kappa shape index (κ1) is 14.1. The summed E-state index contributed by atoms with van der Waals surface area (Å²) in [7, 11) is -2.06. The first-order valence-corrected chi connectivity index (χ1v) is 7.85. The summed E-state index contributed by atoms with van der Waals surface area (Å²) in [6.45, 7) is 3.59. The highest BCUT2D eigenvalue weighted by atomic mass is 32.2. The fraction of sp³-hybridized carbons (Fsp3) is 0.500. The van der Waals surface area contributed by atoms with E-state index in [2.05, 4.69) is 4.74 Å². The van der Waals surface area contributed by atoms with Crippen molar-refractivity contribution < 1.29 is 17.9 Å². The third-order valence-electron chi connectivity index (χ3n) is 3.78. The highest BCUT2D eigenvalue weighted by molar-refractivity contribution is 7.91. The van der Waals surface area contributed by atoms with Crippen LogP contribution in [0.2, 0.25) is 0 Å². The quantitative estimate of drug-likeness (QED) is 0.790. The van der Waals surface area contributed by atoms with Crippen LogP contribution in [0.4, 0.5) is 0 Å². The summed E-state index contributed by atoms with van der Waals surface area (Å²) in [6, 6.07) is 9.01. The molecule has 0 radical (unpaired) electrons. The fourth-order valence-electron chi connectivity index (χ4n) is 2.71. The number of benzene rings is 1. The average Bonchev–Trinajstić information content (AvgIpc) is 2.93. The summed E-state index contributed by atoms with van der Waals surface area (Å²) in [5.41, 5.74) is 0.203. The molecule has 0 spiro atoms. The van der Waals surface area contributed by atoms with Crippen molar-refractivity contribution in [2.45, 2.75) is 24.9 Å². The molecule has 0 aromatic heterocycles. The van der Waals surface area contributed by atoms with Crippen molar-refractivity contribution in [1.82, 2.24) is 0 Å². The highest BCUT2D eigenvalue weighted by Crippen LogP contribution is 2.57. The summed E-state index contributed by atoms with van der Waals surface area (Å²) >= 11 is 0. The van der Waals surface area contributed by atoms with Crippen LogP contribution < -0.4 is 0 Å². The minimum absolute atomic E-state index is 0.0323. The molecular weight excluding hydrogens is 264 g/mol. The van der Waals surface area contributed by atoms with E-state index < -0.39 is 32.4 Å². The highest BCUT2D eigenvalue weighted by Gasteiger charge is 2.68. The molecule has 1 aliphatic carbocycles. The number of hydrogen-bond acceptors (Lipinski definition) is 4. The first-order chi connectivity index (χ1) is 8.80. The van der Waals surface area contributed by atoms with E-state index in [1.165, 1.54) is 7.11 Å². The number of sulfone groups is 1. The molecule has 0 saturated heterocycles. The van der Waals surface area contributed by atoms with Crippen LogP contribution >= 0.6 is 0 Å².